The van der Waals surface area contributed by atoms with Crippen molar-refractivity contribution in [1.82, 2.24) is 0 Å². The molecule has 0 radical (unpaired) electrons. The fourth-order valence-corrected chi connectivity index (χ4v) is 12.3. The summed E-state index contributed by atoms with van der Waals surface area (Å²) in [6.45, 7) is 17.9. The third-order valence-corrected chi connectivity index (χ3v) is 15.3. The number of allylic oxidation sites excluding steroid dienone is 4. The normalized spacial score (nSPS) is 15.8. The minimum Gasteiger partial charge on any atom is -0.144 e. The first-order chi connectivity index (χ1) is 23.4. The number of aryl methyl sites for hydroxylation is 2. The van der Waals surface area contributed by atoms with Gasteiger partial charge < -0.3 is 0 Å². The first-order valence-corrected chi connectivity index (χ1v) is 21.8. The van der Waals surface area contributed by atoms with Crippen LogP contribution in [0.5, 0.6) is 0 Å². The highest BCUT2D eigenvalue weighted by Gasteiger charge is 2.30. The SMILES string of the molecule is C=CC(C)C(/C=C\C)=C(\c1ccccc1)c1sc(-c2sc(C3Cc4sc(C(C)C)cc4S3)cc2CCCCCC)cc1CCCCCC. The van der Waals surface area contributed by atoms with E-state index in [-0.39, 0.29) is 5.92 Å². The van der Waals surface area contributed by atoms with Crippen LogP contribution >= 0.6 is 45.8 Å². The van der Waals surface area contributed by atoms with E-state index in [1.807, 2.05) is 11.3 Å². The molecule has 256 valence electrons. The van der Waals surface area contributed by atoms with Crippen molar-refractivity contribution in [2.45, 2.75) is 128 Å². The second kappa shape index (κ2) is 18.2. The van der Waals surface area contributed by atoms with Crippen molar-refractivity contribution in [3.05, 3.63) is 115 Å². The van der Waals surface area contributed by atoms with Gasteiger partial charge in [0.1, 0.15) is 0 Å². The van der Waals surface area contributed by atoms with Gasteiger partial charge in [-0.3, -0.25) is 0 Å². The predicted molar refractivity (Wildman–Crippen MR) is 221 cm³/mol. The standard InChI is InChI=1S/C44H56S4/c1-8-12-14-17-24-33-26-37(39-29-40-38(46-39)28-36(45-40)30(5)6)47-43(33)41-27-34(25-18-15-13-9-2)44(48-41)42(32-22-19-16-20-23-32)35(21-10-3)31(7)11-4/h10-11,16,19-23,26-28,30-31,39H,4,8-9,12-15,17-18,24-25,29H2,1-3,5-7H3/b21-10-,42-35+. The van der Waals surface area contributed by atoms with Crippen molar-refractivity contribution in [3.63, 3.8) is 0 Å². The predicted octanol–water partition coefficient (Wildman–Crippen LogP) is 15.5. The van der Waals surface area contributed by atoms with Crippen LogP contribution in [0.2, 0.25) is 0 Å². The largest absolute Gasteiger partial charge is 0.144 e. The Labute approximate surface area is 308 Å². The molecule has 4 heteroatoms. The molecule has 1 aromatic carbocycles. The second-order valence-corrected chi connectivity index (χ2v) is 18.3. The topological polar surface area (TPSA) is 0 Å². The summed E-state index contributed by atoms with van der Waals surface area (Å²) in [6.07, 6.45) is 20.5. The average molecular weight is 713 g/mol. The third-order valence-electron chi connectivity index (χ3n) is 9.54. The number of thiophene rings is 3. The van der Waals surface area contributed by atoms with Crippen LogP contribution in [0.4, 0.5) is 0 Å². The number of unbranched alkanes of at least 4 members (excludes halogenated alkanes) is 6. The van der Waals surface area contributed by atoms with Crippen LogP contribution in [0.1, 0.15) is 140 Å². The van der Waals surface area contributed by atoms with Gasteiger partial charge >= 0.3 is 0 Å². The maximum absolute atomic E-state index is 4.23. The average Bonchev–Trinajstić information content (AvgIpc) is 3.88. The molecule has 1 aliphatic heterocycles. The van der Waals surface area contributed by atoms with E-state index in [1.54, 1.807) is 15.3 Å². The Morgan fingerprint density at radius 1 is 0.854 bits per heavy atom. The van der Waals surface area contributed by atoms with Gasteiger partial charge in [-0.25, -0.2) is 0 Å². The Hall–Kier alpha value is -2.11. The van der Waals surface area contributed by atoms with Crippen molar-refractivity contribution in [2.75, 3.05) is 0 Å². The first-order valence-electron chi connectivity index (χ1n) is 18.5. The van der Waals surface area contributed by atoms with Crippen LogP contribution in [0.3, 0.4) is 0 Å². The second-order valence-electron chi connectivity index (χ2n) is 13.7. The zero-order chi connectivity index (χ0) is 34.0. The van der Waals surface area contributed by atoms with E-state index in [9.17, 15) is 0 Å². The maximum Gasteiger partial charge on any atom is 0.0487 e. The number of thioether (sulfide) groups is 1. The molecule has 0 fully saturated rings. The first kappa shape index (κ1) is 37.2. The van der Waals surface area contributed by atoms with Gasteiger partial charge in [0, 0.05) is 45.0 Å². The van der Waals surface area contributed by atoms with Crippen LogP contribution in [-0.2, 0) is 19.3 Å². The Morgan fingerprint density at radius 2 is 1.56 bits per heavy atom. The highest BCUT2D eigenvalue weighted by atomic mass is 32.2. The van der Waals surface area contributed by atoms with Gasteiger partial charge in [-0.1, -0.05) is 122 Å². The Bertz CT molecular complexity index is 1650. The van der Waals surface area contributed by atoms with Crippen molar-refractivity contribution >= 4 is 51.3 Å². The van der Waals surface area contributed by atoms with E-state index in [2.05, 4.69) is 149 Å². The van der Waals surface area contributed by atoms with Crippen LogP contribution in [-0.4, -0.2) is 0 Å². The van der Waals surface area contributed by atoms with E-state index in [0.717, 1.165) is 6.42 Å². The van der Waals surface area contributed by atoms with E-state index in [4.69, 9.17) is 0 Å². The van der Waals surface area contributed by atoms with Crippen molar-refractivity contribution in [3.8, 4) is 9.75 Å². The van der Waals surface area contributed by atoms with E-state index < -0.39 is 0 Å². The van der Waals surface area contributed by atoms with Gasteiger partial charge in [0.25, 0.3) is 0 Å². The zero-order valence-corrected chi connectivity index (χ0v) is 33.5. The summed E-state index contributed by atoms with van der Waals surface area (Å²) < 4.78 is 0. The molecule has 0 saturated heterocycles. The van der Waals surface area contributed by atoms with Gasteiger partial charge in [-0.15, -0.1) is 52.4 Å². The van der Waals surface area contributed by atoms with Gasteiger partial charge in [0.2, 0.25) is 0 Å². The minimum absolute atomic E-state index is 0.259. The molecule has 0 bridgehead atoms. The number of fused-ring (bicyclic) bond motifs is 1. The number of hydrogen-bond acceptors (Lipinski definition) is 4. The molecular formula is C44H56S4. The van der Waals surface area contributed by atoms with Gasteiger partial charge in [-0.2, -0.15) is 0 Å². The molecule has 4 heterocycles. The molecule has 0 saturated carbocycles. The number of rotatable bonds is 18. The fourth-order valence-electron chi connectivity index (χ4n) is 6.71. The molecule has 1 aliphatic rings. The summed E-state index contributed by atoms with van der Waals surface area (Å²) >= 11 is 8.32. The van der Waals surface area contributed by atoms with Crippen LogP contribution in [0.25, 0.3) is 15.3 Å². The lowest BCUT2D eigenvalue weighted by atomic mass is 9.88. The summed E-state index contributed by atoms with van der Waals surface area (Å²) in [5, 5.41) is 0.545. The number of hydrogen-bond donors (Lipinski definition) is 0. The Morgan fingerprint density at radius 3 is 2.19 bits per heavy atom. The van der Waals surface area contributed by atoms with Crippen LogP contribution < -0.4 is 0 Å². The highest BCUT2D eigenvalue weighted by Crippen LogP contribution is 2.54. The molecule has 2 unspecified atom stereocenters. The molecule has 3 aromatic heterocycles. The molecule has 0 aliphatic carbocycles. The molecule has 0 N–H and O–H groups in total. The lowest BCUT2D eigenvalue weighted by Gasteiger charge is -2.18. The monoisotopic (exact) mass is 712 g/mol. The molecule has 48 heavy (non-hydrogen) atoms. The van der Waals surface area contributed by atoms with Gasteiger partial charge in [0.05, 0.1) is 0 Å². The summed E-state index contributed by atoms with van der Waals surface area (Å²) in [7, 11) is 0. The molecule has 5 rings (SSSR count). The van der Waals surface area contributed by atoms with Crippen LogP contribution in [0.15, 0.2) is 83.8 Å². The molecular weight excluding hydrogens is 657 g/mol. The summed E-state index contributed by atoms with van der Waals surface area (Å²) in [5.74, 6) is 0.874. The van der Waals surface area contributed by atoms with Crippen molar-refractivity contribution < 1.29 is 0 Å². The lowest BCUT2D eigenvalue weighted by molar-refractivity contribution is 0.667. The van der Waals surface area contributed by atoms with E-state index in [0.29, 0.717) is 11.2 Å². The summed E-state index contributed by atoms with van der Waals surface area (Å²) in [6, 6.07) is 18.8. The van der Waals surface area contributed by atoms with Crippen molar-refractivity contribution in [1.29, 1.82) is 0 Å². The van der Waals surface area contributed by atoms with Crippen molar-refractivity contribution in [2.24, 2.45) is 5.92 Å². The minimum atomic E-state index is 0.259. The van der Waals surface area contributed by atoms with Gasteiger partial charge in [0.15, 0.2) is 0 Å². The number of benzene rings is 1. The molecule has 0 spiro atoms. The Balaban J connectivity index is 1.61. The highest BCUT2D eigenvalue weighted by molar-refractivity contribution is 8.00. The summed E-state index contributed by atoms with van der Waals surface area (Å²) in [5.41, 5.74) is 7.16. The quantitative estimate of drug-likeness (QED) is 0.0562. The van der Waals surface area contributed by atoms with Crippen LogP contribution in [0, 0.1) is 5.92 Å². The maximum atomic E-state index is 4.23. The van der Waals surface area contributed by atoms with E-state index >= 15 is 0 Å². The molecule has 4 aromatic rings. The molecule has 0 nitrogen and oxygen atoms in total. The zero-order valence-electron chi connectivity index (χ0n) is 30.2. The molecule has 0 amide bonds. The summed E-state index contributed by atoms with van der Waals surface area (Å²) in [4.78, 5) is 10.7. The fraction of sp³-hybridized carbons (Fsp3) is 0.455. The molecule has 2 atom stereocenters. The van der Waals surface area contributed by atoms with E-state index in [1.165, 1.54) is 111 Å². The third kappa shape index (κ3) is 8.97. The van der Waals surface area contributed by atoms with Gasteiger partial charge in [-0.05, 0) is 91.3 Å². The Kier molecular flexibility index (Phi) is 14.1. The smallest absolute Gasteiger partial charge is 0.0487 e. The lowest BCUT2D eigenvalue weighted by Crippen LogP contribution is -2.01.